The van der Waals surface area contributed by atoms with Gasteiger partial charge in [0.25, 0.3) is 0 Å². The van der Waals surface area contributed by atoms with Crippen LogP contribution < -0.4 is 4.74 Å². The maximum atomic E-state index is 12.2. The molecule has 1 aromatic rings. The number of carbonyl (C=O) groups excluding carboxylic acids is 2. The molecule has 0 aromatic carbocycles. The highest BCUT2D eigenvalue weighted by molar-refractivity contribution is 5.69. The molecule has 0 spiro atoms. The number of rotatable bonds is 6. The maximum Gasteiger partial charge on any atom is 0.410 e. The lowest BCUT2D eigenvalue weighted by Crippen LogP contribution is -2.41. The van der Waals surface area contributed by atoms with E-state index in [1.54, 1.807) is 18.9 Å². The number of piperidine rings is 1. The molecule has 7 heteroatoms. The molecule has 1 amide bonds. The van der Waals surface area contributed by atoms with Gasteiger partial charge in [-0.15, -0.1) is 0 Å². The maximum absolute atomic E-state index is 12.2. The van der Waals surface area contributed by atoms with Gasteiger partial charge in [-0.1, -0.05) is 6.07 Å². The third-order valence-electron chi connectivity index (χ3n) is 4.62. The van der Waals surface area contributed by atoms with Crippen LogP contribution in [0.4, 0.5) is 4.79 Å². The van der Waals surface area contributed by atoms with Gasteiger partial charge in [-0.2, -0.15) is 0 Å². The molecule has 2 heterocycles. The van der Waals surface area contributed by atoms with E-state index in [9.17, 15) is 9.59 Å². The summed E-state index contributed by atoms with van der Waals surface area (Å²) < 4.78 is 15.9. The molecular formula is C21H32N2O5. The van der Waals surface area contributed by atoms with E-state index < -0.39 is 5.60 Å². The Bertz CT molecular complexity index is 676. The highest BCUT2D eigenvalue weighted by atomic mass is 16.6. The zero-order valence-electron chi connectivity index (χ0n) is 17.6. The molecule has 0 unspecified atom stereocenters. The van der Waals surface area contributed by atoms with E-state index >= 15 is 0 Å². The number of likely N-dealkylation sites (tertiary alicyclic amines) is 1. The Labute approximate surface area is 167 Å². The second kappa shape index (κ2) is 9.75. The summed E-state index contributed by atoms with van der Waals surface area (Å²) in [5, 5.41) is 0. The summed E-state index contributed by atoms with van der Waals surface area (Å²) in [5.74, 6) is 0.652. The van der Waals surface area contributed by atoms with Crippen LogP contribution in [0.3, 0.4) is 0 Å². The van der Waals surface area contributed by atoms with E-state index in [2.05, 4.69) is 4.98 Å². The van der Waals surface area contributed by atoms with Crippen molar-refractivity contribution in [3.05, 3.63) is 23.4 Å². The average molecular weight is 392 g/mol. The first kappa shape index (κ1) is 22.0. The second-order valence-electron chi connectivity index (χ2n) is 7.95. The molecule has 1 aromatic heterocycles. The third kappa shape index (κ3) is 6.39. The Hall–Kier alpha value is -2.31. The fraction of sp³-hybridized carbons (Fsp3) is 0.667. The standard InChI is InChI=1S/C21H32N2O5/c1-6-27-18(24)10-8-16-7-9-17(19(22-16)26-5)15-11-13-23(14-12-15)20(25)28-21(2,3)4/h7,9,15H,6,8,10-14H2,1-5H3. The second-order valence-corrected chi connectivity index (χ2v) is 7.95. The van der Waals surface area contributed by atoms with Crippen molar-refractivity contribution in [1.82, 2.24) is 9.88 Å². The number of methoxy groups -OCH3 is 1. The van der Waals surface area contributed by atoms with Gasteiger partial charge >= 0.3 is 12.1 Å². The number of hydrogen-bond donors (Lipinski definition) is 0. The normalized spacial score (nSPS) is 15.2. The summed E-state index contributed by atoms with van der Waals surface area (Å²) >= 11 is 0. The van der Waals surface area contributed by atoms with Crippen molar-refractivity contribution in [2.75, 3.05) is 26.8 Å². The predicted molar refractivity (Wildman–Crippen MR) is 106 cm³/mol. The Balaban J connectivity index is 1.96. The van der Waals surface area contributed by atoms with Gasteiger partial charge in [0.1, 0.15) is 5.60 Å². The van der Waals surface area contributed by atoms with Crippen molar-refractivity contribution in [2.45, 2.75) is 64.9 Å². The molecule has 0 bridgehead atoms. The lowest BCUT2D eigenvalue weighted by molar-refractivity contribution is -0.143. The van der Waals surface area contributed by atoms with Crippen LogP contribution in [-0.2, 0) is 20.7 Å². The van der Waals surface area contributed by atoms with Gasteiger partial charge in [0, 0.05) is 30.8 Å². The van der Waals surface area contributed by atoms with Gasteiger partial charge in [0.15, 0.2) is 0 Å². The highest BCUT2D eigenvalue weighted by Crippen LogP contribution is 2.33. The SMILES string of the molecule is CCOC(=O)CCc1ccc(C2CCN(C(=O)OC(C)(C)C)CC2)c(OC)n1. The van der Waals surface area contributed by atoms with Crippen LogP contribution in [0.1, 0.15) is 64.1 Å². The summed E-state index contributed by atoms with van der Waals surface area (Å²) in [6.07, 6.45) is 2.23. The van der Waals surface area contributed by atoms with Crippen LogP contribution in [0.25, 0.3) is 0 Å². The van der Waals surface area contributed by atoms with Crippen LogP contribution in [0.15, 0.2) is 12.1 Å². The Morgan fingerprint density at radius 2 is 1.89 bits per heavy atom. The van der Waals surface area contributed by atoms with E-state index in [0.717, 1.165) is 24.1 Å². The van der Waals surface area contributed by atoms with Crippen LogP contribution in [0.2, 0.25) is 0 Å². The number of aryl methyl sites for hydroxylation is 1. The third-order valence-corrected chi connectivity index (χ3v) is 4.62. The number of hydrogen-bond acceptors (Lipinski definition) is 6. The van der Waals surface area contributed by atoms with E-state index in [1.165, 1.54) is 0 Å². The van der Waals surface area contributed by atoms with Gasteiger partial charge in [0.2, 0.25) is 5.88 Å². The number of carbonyl (C=O) groups is 2. The number of ether oxygens (including phenoxy) is 3. The molecule has 0 N–H and O–H groups in total. The van der Waals surface area contributed by atoms with E-state index in [4.69, 9.17) is 14.2 Å². The first-order valence-electron chi connectivity index (χ1n) is 9.91. The summed E-state index contributed by atoms with van der Waals surface area (Å²) in [6, 6.07) is 3.97. The van der Waals surface area contributed by atoms with E-state index in [0.29, 0.717) is 38.4 Å². The largest absolute Gasteiger partial charge is 0.481 e. The molecule has 0 aliphatic carbocycles. The minimum absolute atomic E-state index is 0.221. The fourth-order valence-corrected chi connectivity index (χ4v) is 3.27. The Morgan fingerprint density at radius 3 is 2.46 bits per heavy atom. The van der Waals surface area contributed by atoms with Crippen molar-refractivity contribution in [1.29, 1.82) is 0 Å². The van der Waals surface area contributed by atoms with Gasteiger partial charge in [-0.3, -0.25) is 4.79 Å². The molecule has 156 valence electrons. The van der Waals surface area contributed by atoms with E-state index in [1.807, 2.05) is 32.9 Å². The topological polar surface area (TPSA) is 78.0 Å². The minimum Gasteiger partial charge on any atom is -0.481 e. The molecule has 0 atom stereocenters. The van der Waals surface area contributed by atoms with Gasteiger partial charge < -0.3 is 19.1 Å². The van der Waals surface area contributed by atoms with E-state index in [-0.39, 0.29) is 18.0 Å². The molecule has 7 nitrogen and oxygen atoms in total. The van der Waals surface area contributed by atoms with Crippen molar-refractivity contribution in [3.8, 4) is 5.88 Å². The first-order chi connectivity index (χ1) is 13.2. The number of nitrogens with zero attached hydrogens (tertiary/aromatic N) is 2. The van der Waals surface area contributed by atoms with Crippen molar-refractivity contribution >= 4 is 12.1 Å². The van der Waals surface area contributed by atoms with Crippen molar-refractivity contribution in [3.63, 3.8) is 0 Å². The Morgan fingerprint density at radius 1 is 1.21 bits per heavy atom. The van der Waals surface area contributed by atoms with Crippen LogP contribution in [0, 0.1) is 0 Å². The van der Waals surface area contributed by atoms with Gasteiger partial charge in [-0.25, -0.2) is 9.78 Å². The lowest BCUT2D eigenvalue weighted by Gasteiger charge is -2.33. The number of esters is 1. The lowest BCUT2D eigenvalue weighted by atomic mass is 9.90. The van der Waals surface area contributed by atoms with Gasteiger partial charge in [-0.05, 0) is 52.5 Å². The number of aromatic nitrogens is 1. The molecule has 1 saturated heterocycles. The smallest absolute Gasteiger partial charge is 0.410 e. The fourth-order valence-electron chi connectivity index (χ4n) is 3.27. The monoisotopic (exact) mass is 392 g/mol. The number of pyridine rings is 1. The average Bonchev–Trinajstić information content (AvgIpc) is 2.65. The predicted octanol–water partition coefficient (Wildman–Crippen LogP) is 3.70. The molecule has 1 aliphatic rings. The molecule has 1 fully saturated rings. The van der Waals surface area contributed by atoms with Gasteiger partial charge in [0.05, 0.1) is 20.1 Å². The van der Waals surface area contributed by atoms with Crippen LogP contribution >= 0.6 is 0 Å². The first-order valence-corrected chi connectivity index (χ1v) is 9.91. The number of amides is 1. The van der Waals surface area contributed by atoms with Crippen molar-refractivity contribution in [2.24, 2.45) is 0 Å². The summed E-state index contributed by atoms with van der Waals surface area (Å²) in [6.45, 7) is 9.09. The minimum atomic E-state index is -0.486. The molecule has 1 aliphatic heterocycles. The van der Waals surface area contributed by atoms with Crippen LogP contribution in [-0.4, -0.2) is 54.4 Å². The summed E-state index contributed by atoms with van der Waals surface area (Å²) in [5.41, 5.74) is 1.37. The highest BCUT2D eigenvalue weighted by Gasteiger charge is 2.29. The van der Waals surface area contributed by atoms with Crippen molar-refractivity contribution < 1.29 is 23.8 Å². The zero-order chi connectivity index (χ0) is 20.7. The molecule has 0 saturated carbocycles. The summed E-state index contributed by atoms with van der Waals surface area (Å²) in [7, 11) is 1.61. The zero-order valence-corrected chi connectivity index (χ0v) is 17.6. The molecule has 0 radical (unpaired) electrons. The summed E-state index contributed by atoms with van der Waals surface area (Å²) in [4.78, 5) is 30.1. The Kier molecular flexibility index (Phi) is 7.66. The molecule has 28 heavy (non-hydrogen) atoms. The quantitative estimate of drug-likeness (QED) is 0.687. The molecular weight excluding hydrogens is 360 g/mol. The molecule has 2 rings (SSSR count). The van der Waals surface area contributed by atoms with Crippen LogP contribution in [0.5, 0.6) is 5.88 Å².